The van der Waals surface area contributed by atoms with Gasteiger partial charge in [0.1, 0.15) is 11.9 Å². The van der Waals surface area contributed by atoms with Crippen LogP contribution in [0.3, 0.4) is 0 Å². The van der Waals surface area contributed by atoms with Crippen LogP contribution < -0.4 is 10.1 Å². The van der Waals surface area contributed by atoms with Gasteiger partial charge in [-0.25, -0.2) is 4.79 Å². The molecule has 110 valence electrons. The molecule has 0 aromatic heterocycles. The van der Waals surface area contributed by atoms with Crippen molar-refractivity contribution in [3.8, 4) is 5.75 Å². The normalized spacial score (nSPS) is 22.0. The highest BCUT2D eigenvalue weighted by atomic mass is 35.5. The Balaban J connectivity index is 2.00. The van der Waals surface area contributed by atoms with Crippen LogP contribution >= 0.6 is 11.6 Å². The number of rotatable bonds is 3. The largest absolute Gasteiger partial charge is 0.489 e. The van der Waals surface area contributed by atoms with E-state index in [-0.39, 0.29) is 17.9 Å². The van der Waals surface area contributed by atoms with E-state index in [0.29, 0.717) is 12.8 Å². The molecule has 1 aromatic rings. The summed E-state index contributed by atoms with van der Waals surface area (Å²) in [6.07, 6.45) is -5.21. The van der Waals surface area contributed by atoms with Gasteiger partial charge in [-0.1, -0.05) is 17.7 Å². The fourth-order valence-corrected chi connectivity index (χ4v) is 2.23. The van der Waals surface area contributed by atoms with E-state index in [1.54, 1.807) is 0 Å². The number of benzene rings is 1. The predicted molar refractivity (Wildman–Crippen MR) is 65.1 cm³/mol. The number of hydrogen-bond donors (Lipinski definition) is 2. The fourth-order valence-electron chi connectivity index (χ4n) is 1.95. The molecule has 1 fully saturated rings. The molecule has 0 unspecified atom stereocenters. The third-order valence-electron chi connectivity index (χ3n) is 2.98. The maximum Gasteiger partial charge on any atom is 0.417 e. The molecular formula is C12H11ClF3NO3. The molecule has 0 aliphatic heterocycles. The van der Waals surface area contributed by atoms with E-state index in [4.69, 9.17) is 21.4 Å². The molecule has 1 saturated carbocycles. The van der Waals surface area contributed by atoms with Crippen molar-refractivity contribution in [2.45, 2.75) is 31.2 Å². The smallest absolute Gasteiger partial charge is 0.417 e. The number of halogens is 4. The van der Waals surface area contributed by atoms with Crippen LogP contribution in [0.4, 0.5) is 18.0 Å². The highest BCUT2D eigenvalue weighted by molar-refractivity contribution is 6.32. The van der Waals surface area contributed by atoms with Gasteiger partial charge in [-0.2, -0.15) is 13.2 Å². The van der Waals surface area contributed by atoms with Gasteiger partial charge in [-0.3, -0.25) is 0 Å². The molecule has 0 spiro atoms. The van der Waals surface area contributed by atoms with Gasteiger partial charge in [-0.15, -0.1) is 0 Å². The van der Waals surface area contributed by atoms with Crippen molar-refractivity contribution in [2.75, 3.05) is 0 Å². The number of hydrogen-bond acceptors (Lipinski definition) is 2. The van der Waals surface area contributed by atoms with Gasteiger partial charge in [0.25, 0.3) is 0 Å². The van der Waals surface area contributed by atoms with Crippen LogP contribution in [0, 0.1) is 0 Å². The Morgan fingerprint density at radius 2 is 2.05 bits per heavy atom. The molecule has 1 aliphatic rings. The van der Waals surface area contributed by atoms with Crippen molar-refractivity contribution in [1.29, 1.82) is 0 Å². The summed E-state index contributed by atoms with van der Waals surface area (Å²) in [6.45, 7) is 0. The monoisotopic (exact) mass is 309 g/mol. The predicted octanol–water partition coefficient (Wildman–Crippen LogP) is 3.54. The van der Waals surface area contributed by atoms with Crippen molar-refractivity contribution < 1.29 is 27.8 Å². The first-order valence-electron chi connectivity index (χ1n) is 5.79. The summed E-state index contributed by atoms with van der Waals surface area (Å²) in [5, 5.41) is 10.3. The van der Waals surface area contributed by atoms with Crippen LogP contribution in [0.25, 0.3) is 0 Å². The molecule has 4 nitrogen and oxygen atoms in total. The van der Waals surface area contributed by atoms with Gasteiger partial charge in [0.15, 0.2) is 0 Å². The standard InChI is InChI=1S/C12H11ClF3NO3/c13-10-8(12(14,15)16)2-1-3-9(10)20-7-4-6(5-7)17-11(18)19/h1-3,6-7,17H,4-5H2,(H,18,19). The Kier molecular flexibility index (Phi) is 3.99. The summed E-state index contributed by atoms with van der Waals surface area (Å²) >= 11 is 5.68. The van der Waals surface area contributed by atoms with Crippen LogP contribution in [-0.4, -0.2) is 23.3 Å². The molecule has 20 heavy (non-hydrogen) atoms. The van der Waals surface area contributed by atoms with E-state index in [1.807, 2.05) is 0 Å². The second-order valence-electron chi connectivity index (χ2n) is 4.47. The molecule has 1 amide bonds. The number of carbonyl (C=O) groups is 1. The molecule has 0 heterocycles. The molecule has 0 bridgehead atoms. The SMILES string of the molecule is O=C(O)NC1CC(Oc2cccc(C(F)(F)F)c2Cl)C1. The lowest BCUT2D eigenvalue weighted by atomic mass is 9.89. The molecule has 1 aliphatic carbocycles. The van der Waals surface area contributed by atoms with E-state index in [1.165, 1.54) is 12.1 Å². The van der Waals surface area contributed by atoms with Crippen molar-refractivity contribution in [3.05, 3.63) is 28.8 Å². The Hall–Kier alpha value is -1.63. The number of ether oxygens (including phenoxy) is 1. The first kappa shape index (κ1) is 14.8. The molecule has 0 radical (unpaired) electrons. The summed E-state index contributed by atoms with van der Waals surface area (Å²) < 4.78 is 43.3. The summed E-state index contributed by atoms with van der Waals surface area (Å²) in [5.74, 6) is -0.0414. The number of nitrogens with one attached hydrogen (secondary N) is 1. The topological polar surface area (TPSA) is 58.6 Å². The average molecular weight is 310 g/mol. The number of amides is 1. The highest BCUT2D eigenvalue weighted by Gasteiger charge is 2.36. The Bertz CT molecular complexity index is 515. The quantitative estimate of drug-likeness (QED) is 0.898. The summed E-state index contributed by atoms with van der Waals surface area (Å²) in [4.78, 5) is 10.4. The molecule has 1 aromatic carbocycles. The van der Waals surface area contributed by atoms with Gasteiger partial charge >= 0.3 is 12.3 Å². The van der Waals surface area contributed by atoms with E-state index >= 15 is 0 Å². The fraction of sp³-hybridized carbons (Fsp3) is 0.417. The minimum absolute atomic E-state index is 0.0414. The Morgan fingerprint density at radius 1 is 1.40 bits per heavy atom. The number of carboxylic acid groups (broad SMARTS) is 1. The van der Waals surface area contributed by atoms with Crippen LogP contribution in [0.1, 0.15) is 18.4 Å². The maximum atomic E-state index is 12.7. The zero-order valence-electron chi connectivity index (χ0n) is 10.1. The molecular weight excluding hydrogens is 299 g/mol. The summed E-state index contributed by atoms with van der Waals surface area (Å²) in [6, 6.07) is 3.22. The van der Waals surface area contributed by atoms with Crippen molar-refractivity contribution in [3.63, 3.8) is 0 Å². The lowest BCUT2D eigenvalue weighted by molar-refractivity contribution is -0.137. The van der Waals surface area contributed by atoms with Crippen LogP contribution in [0.2, 0.25) is 5.02 Å². The minimum Gasteiger partial charge on any atom is -0.489 e. The van der Waals surface area contributed by atoms with Gasteiger partial charge in [0, 0.05) is 18.9 Å². The van der Waals surface area contributed by atoms with Crippen molar-refractivity contribution in [2.24, 2.45) is 0 Å². The first-order chi connectivity index (χ1) is 9.27. The zero-order chi connectivity index (χ0) is 14.9. The average Bonchev–Trinajstić information content (AvgIpc) is 2.26. The molecule has 0 saturated heterocycles. The van der Waals surface area contributed by atoms with Crippen LogP contribution in [0.5, 0.6) is 5.75 Å². The van der Waals surface area contributed by atoms with Gasteiger partial charge < -0.3 is 15.2 Å². The van der Waals surface area contributed by atoms with Crippen molar-refractivity contribution in [1.82, 2.24) is 5.32 Å². The van der Waals surface area contributed by atoms with Crippen molar-refractivity contribution >= 4 is 17.7 Å². The summed E-state index contributed by atoms with van der Waals surface area (Å²) in [7, 11) is 0. The zero-order valence-corrected chi connectivity index (χ0v) is 10.8. The third kappa shape index (κ3) is 3.27. The minimum atomic E-state index is -4.54. The third-order valence-corrected chi connectivity index (χ3v) is 3.37. The molecule has 2 N–H and O–H groups in total. The molecule has 8 heteroatoms. The lowest BCUT2D eigenvalue weighted by Gasteiger charge is -2.35. The lowest BCUT2D eigenvalue weighted by Crippen LogP contribution is -2.48. The number of alkyl halides is 3. The van der Waals surface area contributed by atoms with E-state index in [9.17, 15) is 18.0 Å². The Labute approximate surface area is 117 Å². The van der Waals surface area contributed by atoms with Crippen LogP contribution in [-0.2, 0) is 6.18 Å². The molecule has 0 atom stereocenters. The second kappa shape index (κ2) is 5.40. The summed E-state index contributed by atoms with van der Waals surface area (Å²) in [5.41, 5.74) is -0.948. The van der Waals surface area contributed by atoms with E-state index < -0.39 is 22.9 Å². The van der Waals surface area contributed by atoms with E-state index in [0.717, 1.165) is 6.07 Å². The van der Waals surface area contributed by atoms with Crippen LogP contribution in [0.15, 0.2) is 18.2 Å². The van der Waals surface area contributed by atoms with Gasteiger partial charge in [-0.05, 0) is 12.1 Å². The van der Waals surface area contributed by atoms with E-state index in [2.05, 4.69) is 5.32 Å². The first-order valence-corrected chi connectivity index (χ1v) is 6.17. The maximum absolute atomic E-state index is 12.7. The highest BCUT2D eigenvalue weighted by Crippen LogP contribution is 2.40. The van der Waals surface area contributed by atoms with Gasteiger partial charge in [0.05, 0.1) is 10.6 Å². The molecule has 2 rings (SSSR count). The Morgan fingerprint density at radius 3 is 2.60 bits per heavy atom. The van der Waals surface area contributed by atoms with Gasteiger partial charge in [0.2, 0.25) is 0 Å². The second-order valence-corrected chi connectivity index (χ2v) is 4.85.